The van der Waals surface area contributed by atoms with Crippen LogP contribution < -0.4 is 4.74 Å². The SMILES string of the molecule is CC(C)(C)c1cc(/C=N\[O-])cc(C(C)(C)C)c1OCO.[Re].[Rf]. The van der Waals surface area contributed by atoms with E-state index in [1.165, 1.54) is 6.21 Å². The summed E-state index contributed by atoms with van der Waals surface area (Å²) in [5.74, 6) is 0.690. The number of nitrogens with zero attached hydrogens (tertiary/aromatic N) is 1. The van der Waals surface area contributed by atoms with Gasteiger partial charge in [-0.2, -0.15) is 0 Å². The molecule has 0 heterocycles. The fraction of sp³-hybridized carbons (Fsp3) is 0.562. The number of benzene rings is 1. The molecule has 0 spiro atoms. The van der Waals surface area contributed by atoms with Crippen LogP contribution in [0.5, 0.6) is 5.75 Å². The quantitative estimate of drug-likeness (QED) is 0.295. The zero-order chi connectivity index (χ0) is 15.6. The summed E-state index contributed by atoms with van der Waals surface area (Å²) in [6.07, 6.45) is 1.30. The largest absolute Gasteiger partial charge is 0.792 e. The van der Waals surface area contributed by atoms with Crippen molar-refractivity contribution in [2.24, 2.45) is 5.16 Å². The van der Waals surface area contributed by atoms with Crippen molar-refractivity contribution in [3.63, 3.8) is 0 Å². The smallest absolute Gasteiger partial charge is 0.186 e. The molecule has 0 fully saturated rings. The number of ether oxygens (including phenoxy) is 1. The van der Waals surface area contributed by atoms with Crippen molar-refractivity contribution < 1.29 is 30.3 Å². The van der Waals surface area contributed by atoms with Gasteiger partial charge in [-0.3, -0.25) is 0 Å². The molecule has 0 bridgehead atoms. The van der Waals surface area contributed by atoms with Crippen LogP contribution in [-0.2, 0) is 31.3 Å². The molecule has 1 aromatic carbocycles. The molecule has 0 saturated heterocycles. The van der Waals surface area contributed by atoms with E-state index in [1.807, 2.05) is 12.1 Å². The predicted octanol–water partition coefficient (Wildman–Crippen LogP) is 3.52. The molecule has 1 rings (SSSR count). The summed E-state index contributed by atoms with van der Waals surface area (Å²) in [7, 11) is 0. The fourth-order valence-electron chi connectivity index (χ4n) is 2.12. The van der Waals surface area contributed by atoms with E-state index in [1.54, 1.807) is 0 Å². The van der Waals surface area contributed by atoms with Crippen LogP contribution in [0, 0.1) is 5.21 Å². The molecule has 0 aliphatic rings. The molecular formula is C16H24NO3ReRf-. The molecule has 1 aromatic rings. The Hall–Kier alpha value is -1.89. The first-order valence-corrected chi connectivity index (χ1v) is 6.69. The second-order valence-electron chi connectivity index (χ2n) is 6.95. The molecule has 4 nitrogen and oxygen atoms in total. The fourth-order valence-corrected chi connectivity index (χ4v) is 2.12. The molecule has 0 atom stereocenters. The van der Waals surface area contributed by atoms with Crippen molar-refractivity contribution in [2.75, 3.05) is 6.79 Å². The molecule has 22 heavy (non-hydrogen) atoms. The van der Waals surface area contributed by atoms with Crippen LogP contribution in [0.2, 0.25) is 0 Å². The Balaban J connectivity index is 0. The summed E-state index contributed by atoms with van der Waals surface area (Å²) in [5.41, 5.74) is 2.32. The number of aliphatic hydroxyl groups excluding tert-OH is 1. The molecule has 0 unspecified atom stereocenters. The second-order valence-corrected chi connectivity index (χ2v) is 6.95. The molecule has 1 radical (unpaired) electrons. The van der Waals surface area contributed by atoms with Crippen molar-refractivity contribution in [3.8, 4) is 5.75 Å². The zero-order valence-electron chi connectivity index (χ0n) is 14.2. The standard InChI is InChI=1S/C16H25NO3.Re.Rf/c1-15(2,3)12-7-11(9-17-19)8-13(16(4,5)6)14(12)20-10-18;;/h7-9,18-19H,10H2,1-6H3;;/p-1/b17-9-;;. The summed E-state index contributed by atoms with van der Waals surface area (Å²) in [6.45, 7) is 12.0. The van der Waals surface area contributed by atoms with Crippen LogP contribution in [0.3, 0.4) is 0 Å². The van der Waals surface area contributed by atoms with E-state index < -0.39 is 0 Å². The van der Waals surface area contributed by atoms with Crippen molar-refractivity contribution in [1.82, 2.24) is 0 Å². The molecule has 6 heteroatoms. The third-order valence-electron chi connectivity index (χ3n) is 3.14. The first-order valence-electron chi connectivity index (χ1n) is 6.69. The van der Waals surface area contributed by atoms with Crippen LogP contribution in [0.4, 0.5) is 0 Å². The average molecular weight is 732 g/mol. The third-order valence-corrected chi connectivity index (χ3v) is 3.14. The minimum absolute atomic E-state index is 0. The maximum Gasteiger partial charge on any atom is 0.186 e. The summed E-state index contributed by atoms with van der Waals surface area (Å²) in [5, 5.41) is 22.6. The molecule has 121 valence electrons. The van der Waals surface area contributed by atoms with Gasteiger partial charge in [-0.05, 0) is 28.5 Å². The van der Waals surface area contributed by atoms with Gasteiger partial charge >= 0.3 is 0 Å². The Labute approximate surface area is 140 Å². The molecule has 0 amide bonds. The van der Waals surface area contributed by atoms with Crippen molar-refractivity contribution in [2.45, 2.75) is 52.4 Å². The van der Waals surface area contributed by atoms with Crippen molar-refractivity contribution >= 4 is 6.21 Å². The summed E-state index contributed by atoms with van der Waals surface area (Å²) in [6, 6.07) is 3.78. The van der Waals surface area contributed by atoms with E-state index in [-0.39, 0.29) is 38.0 Å². The van der Waals surface area contributed by atoms with E-state index in [4.69, 9.17) is 4.74 Å². The van der Waals surface area contributed by atoms with Crippen LogP contribution in [0.1, 0.15) is 58.2 Å². The van der Waals surface area contributed by atoms with Crippen LogP contribution >= 0.6 is 0 Å². The van der Waals surface area contributed by atoms with E-state index >= 15 is 0 Å². The van der Waals surface area contributed by atoms with Gasteiger partial charge < -0.3 is 20.2 Å². The van der Waals surface area contributed by atoms with Crippen LogP contribution in [0.25, 0.3) is 0 Å². The number of hydrogen-bond acceptors (Lipinski definition) is 4. The van der Waals surface area contributed by atoms with E-state index in [2.05, 4.69) is 46.7 Å². The van der Waals surface area contributed by atoms with E-state index in [0.717, 1.165) is 16.7 Å². The maximum absolute atomic E-state index is 10.5. The van der Waals surface area contributed by atoms with Gasteiger partial charge in [0.15, 0.2) is 6.79 Å². The maximum atomic E-state index is 10.5. The molecule has 0 aliphatic heterocycles. The topological polar surface area (TPSA) is 64.9 Å². The summed E-state index contributed by atoms with van der Waals surface area (Å²) >= 11 is 0. The predicted molar refractivity (Wildman–Crippen MR) is 82.5 cm³/mol. The van der Waals surface area contributed by atoms with Crippen molar-refractivity contribution in [3.05, 3.63) is 34.0 Å². The summed E-state index contributed by atoms with van der Waals surface area (Å²) < 4.78 is 5.49. The number of rotatable bonds is 3. The Bertz CT molecular complexity index is 470. The van der Waals surface area contributed by atoms with Gasteiger partial charge in [0.2, 0.25) is 0 Å². The molecular weight excluding hydrogens is 707 g/mol. The monoisotopic (exact) mass is 732 g/mol. The molecule has 1 N–H and O–H groups in total. The van der Waals surface area contributed by atoms with Gasteiger partial charge in [-0.1, -0.05) is 41.5 Å². The normalized spacial score (nSPS) is 11.8. The van der Waals surface area contributed by atoms with E-state index in [0.29, 0.717) is 5.75 Å². The van der Waals surface area contributed by atoms with Crippen LogP contribution in [-0.4, -0.2) is 18.1 Å². The summed E-state index contributed by atoms with van der Waals surface area (Å²) in [4.78, 5) is 0. The Morgan fingerprint density at radius 1 is 1.09 bits per heavy atom. The Morgan fingerprint density at radius 2 is 1.50 bits per heavy atom. The molecule has 0 aromatic heterocycles. The van der Waals surface area contributed by atoms with Crippen molar-refractivity contribution in [1.29, 1.82) is 0 Å². The van der Waals surface area contributed by atoms with Crippen LogP contribution in [0.15, 0.2) is 17.3 Å². The minimum atomic E-state index is -0.374. The van der Waals surface area contributed by atoms with Gasteiger partial charge in [0.05, 0.1) is 0 Å². The molecule has 0 aliphatic carbocycles. The first kappa shape index (κ1) is 22.4. The third kappa shape index (κ3) is 5.14. The van der Waals surface area contributed by atoms with E-state index in [9.17, 15) is 10.3 Å². The average Bonchev–Trinajstić information content (AvgIpc) is 2.28. The number of hydrogen-bond donors (Lipinski definition) is 1. The van der Waals surface area contributed by atoms with Gasteiger partial charge in [-0.15, -0.1) is 0 Å². The van der Waals surface area contributed by atoms with Gasteiger partial charge in [0.25, 0.3) is 0 Å². The Kier molecular flexibility index (Phi) is 8.08. The second kappa shape index (κ2) is 7.93. The van der Waals surface area contributed by atoms with Gasteiger partial charge in [0.1, 0.15) is 5.75 Å². The molecule has 0 saturated carbocycles. The van der Waals surface area contributed by atoms with Gasteiger partial charge in [-0.25, -0.2) is 0 Å². The minimum Gasteiger partial charge on any atom is -0.792 e. The first-order chi connectivity index (χ1) is 9.11. The Morgan fingerprint density at radius 3 is 1.77 bits per heavy atom. The zero-order valence-corrected chi connectivity index (χ0v) is 23.4. The number of aliphatic hydroxyl groups is 1. The van der Waals surface area contributed by atoms with Gasteiger partial charge in [0, 0.05) is 37.8 Å².